The highest BCUT2D eigenvalue weighted by atomic mass is 35.5. The van der Waals surface area contributed by atoms with Crippen LogP contribution in [0.5, 0.6) is 17.6 Å². The Bertz CT molecular complexity index is 2030. The summed E-state index contributed by atoms with van der Waals surface area (Å²) in [7, 11) is 2.87. The van der Waals surface area contributed by atoms with Gasteiger partial charge in [0, 0.05) is 47.9 Å². The number of benzene rings is 2. The number of fused-ring (bicyclic) bond motifs is 1. The second kappa shape index (κ2) is 15.4. The van der Waals surface area contributed by atoms with Gasteiger partial charge in [0.25, 0.3) is 0 Å². The normalized spacial score (nSPS) is 19.6. The minimum atomic E-state index is -4.79. The van der Waals surface area contributed by atoms with E-state index in [4.69, 9.17) is 30.8 Å². The molecule has 4 N–H and O–H groups in total. The number of aliphatic hydroxyl groups is 1. The van der Waals surface area contributed by atoms with E-state index in [1.807, 2.05) is 55.5 Å². The van der Waals surface area contributed by atoms with Gasteiger partial charge in [-0.3, -0.25) is 4.79 Å². The molecule has 2 aromatic heterocycles. The number of aromatic nitrogens is 2. The quantitative estimate of drug-likeness (QED) is 0.101. The van der Waals surface area contributed by atoms with Gasteiger partial charge in [0.05, 0.1) is 36.0 Å². The summed E-state index contributed by atoms with van der Waals surface area (Å²) in [6, 6.07) is 16.2. The van der Waals surface area contributed by atoms with Crippen LogP contribution in [0.2, 0.25) is 5.02 Å². The molecule has 2 aromatic carbocycles. The van der Waals surface area contributed by atoms with E-state index in [2.05, 4.69) is 15.6 Å². The Morgan fingerprint density at radius 2 is 1.61 bits per heavy atom. The molecule has 14 heteroatoms. The molecule has 2 heterocycles. The molecule has 0 amide bonds. The van der Waals surface area contributed by atoms with Gasteiger partial charge in [0.2, 0.25) is 17.6 Å². The molecule has 2 aliphatic rings. The van der Waals surface area contributed by atoms with Crippen molar-refractivity contribution in [2.75, 3.05) is 20.8 Å². The Labute approximate surface area is 317 Å². The van der Waals surface area contributed by atoms with Gasteiger partial charge >= 0.3 is 12.1 Å². The van der Waals surface area contributed by atoms with Gasteiger partial charge in [-0.15, -0.1) is 0 Å². The fraction of sp³-hybridized carbons (Fsp3) is 0.425. The number of carboxylic acids is 1. The van der Waals surface area contributed by atoms with Gasteiger partial charge in [-0.05, 0) is 75.3 Å². The van der Waals surface area contributed by atoms with Crippen LogP contribution in [-0.2, 0) is 30.5 Å². The van der Waals surface area contributed by atoms with Crippen molar-refractivity contribution in [3.63, 3.8) is 0 Å². The number of rotatable bonds is 14. The predicted molar refractivity (Wildman–Crippen MR) is 198 cm³/mol. The van der Waals surface area contributed by atoms with E-state index in [1.165, 1.54) is 21.0 Å². The number of methoxy groups -OCH3 is 2. The van der Waals surface area contributed by atoms with Crippen LogP contribution in [0.25, 0.3) is 22.4 Å². The third kappa shape index (κ3) is 8.29. The third-order valence-electron chi connectivity index (χ3n) is 10.1. The summed E-state index contributed by atoms with van der Waals surface area (Å²) < 4.78 is 60.4. The molecule has 6 rings (SSSR count). The highest BCUT2D eigenvalue weighted by molar-refractivity contribution is 6.36. The summed E-state index contributed by atoms with van der Waals surface area (Å²) >= 11 is 7.10. The maximum absolute atomic E-state index is 14.4. The highest BCUT2D eigenvalue weighted by Crippen LogP contribution is 2.46. The maximum atomic E-state index is 14.4. The van der Waals surface area contributed by atoms with Crippen molar-refractivity contribution in [2.45, 2.75) is 83.5 Å². The number of ether oxygens (including phenoxy) is 3. The third-order valence-corrected chi connectivity index (χ3v) is 10.5. The number of aliphatic carboxylic acids is 1. The van der Waals surface area contributed by atoms with Crippen LogP contribution in [0.15, 0.2) is 54.6 Å². The van der Waals surface area contributed by atoms with Gasteiger partial charge in [-0.25, -0.2) is 4.98 Å². The standard InChI is InChI=1S/C40H44ClF3N4O6/c1-38(2,37(49)50)21-45-19-23-16-30(40(42,43)44)36(48-35(23)53-5)54-32-15-13-26-25(8-6-9-27(26)32)28-10-7-11-29(33(28)41)31-14-12-22(34(47-31)52-4)20-46-24-17-39(3,51)18-24/h6-12,14,16,24,32,45-46,51H,13,15,17-21H2,1-5H3,(H,49,50)/t24?,32-,39?/m0/s1. The van der Waals surface area contributed by atoms with Crippen molar-refractivity contribution in [1.29, 1.82) is 0 Å². The number of hydrogen-bond acceptors (Lipinski definition) is 9. The van der Waals surface area contributed by atoms with Gasteiger partial charge in [0.15, 0.2) is 0 Å². The van der Waals surface area contributed by atoms with Crippen LogP contribution in [-0.4, -0.2) is 58.6 Å². The van der Waals surface area contributed by atoms with Crippen molar-refractivity contribution in [3.05, 3.63) is 87.4 Å². The summed E-state index contributed by atoms with van der Waals surface area (Å²) in [5.41, 5.74) is 2.70. The second-order valence-electron chi connectivity index (χ2n) is 14.8. The number of halogens is 4. The molecule has 0 unspecified atom stereocenters. The average Bonchev–Trinajstić information content (AvgIpc) is 3.52. The van der Waals surface area contributed by atoms with Crippen molar-refractivity contribution in [2.24, 2.45) is 5.41 Å². The Balaban J connectivity index is 1.25. The molecule has 1 atom stereocenters. The van der Waals surface area contributed by atoms with Crippen molar-refractivity contribution in [1.82, 2.24) is 20.6 Å². The van der Waals surface area contributed by atoms with E-state index in [-0.39, 0.29) is 30.6 Å². The lowest BCUT2D eigenvalue weighted by atomic mass is 9.77. The summed E-state index contributed by atoms with van der Waals surface area (Å²) in [5.74, 6) is -1.24. The molecule has 54 heavy (non-hydrogen) atoms. The Morgan fingerprint density at radius 1 is 0.944 bits per heavy atom. The number of nitrogens with zero attached hydrogens (tertiary/aromatic N) is 2. The van der Waals surface area contributed by atoms with Crippen LogP contribution in [0.1, 0.15) is 74.0 Å². The highest BCUT2D eigenvalue weighted by Gasteiger charge is 2.40. The van der Waals surface area contributed by atoms with E-state index >= 15 is 0 Å². The number of carboxylic acid groups (broad SMARTS) is 1. The Hall–Kier alpha value is -4.43. The van der Waals surface area contributed by atoms with Crippen LogP contribution in [0.3, 0.4) is 0 Å². The van der Waals surface area contributed by atoms with E-state index in [9.17, 15) is 28.2 Å². The number of carbonyl (C=O) groups is 1. The van der Waals surface area contributed by atoms with Gasteiger partial charge in [-0.1, -0.05) is 54.1 Å². The summed E-state index contributed by atoms with van der Waals surface area (Å²) in [6.07, 6.45) is -3.21. The summed E-state index contributed by atoms with van der Waals surface area (Å²) in [5, 5.41) is 26.3. The minimum absolute atomic E-state index is 0.0145. The van der Waals surface area contributed by atoms with E-state index in [1.54, 1.807) is 7.11 Å². The lowest BCUT2D eigenvalue weighted by Crippen LogP contribution is -2.51. The van der Waals surface area contributed by atoms with Crippen LogP contribution >= 0.6 is 11.6 Å². The van der Waals surface area contributed by atoms with E-state index < -0.39 is 40.7 Å². The van der Waals surface area contributed by atoms with Gasteiger partial charge in [-0.2, -0.15) is 18.2 Å². The molecule has 1 fully saturated rings. The predicted octanol–water partition coefficient (Wildman–Crippen LogP) is 7.77. The zero-order valence-corrected chi connectivity index (χ0v) is 31.5. The molecule has 10 nitrogen and oxygen atoms in total. The zero-order valence-electron chi connectivity index (χ0n) is 30.7. The molecular formula is C40H44ClF3N4O6. The number of nitrogens with one attached hydrogen (secondary N) is 2. The van der Waals surface area contributed by atoms with Gasteiger partial charge < -0.3 is 35.1 Å². The van der Waals surface area contributed by atoms with Crippen LogP contribution in [0, 0.1) is 5.41 Å². The molecule has 2 aliphatic carbocycles. The van der Waals surface area contributed by atoms with Crippen LogP contribution in [0.4, 0.5) is 13.2 Å². The monoisotopic (exact) mass is 768 g/mol. The lowest BCUT2D eigenvalue weighted by Gasteiger charge is -2.41. The van der Waals surface area contributed by atoms with Gasteiger partial charge in [0.1, 0.15) is 11.7 Å². The molecule has 0 bridgehead atoms. The van der Waals surface area contributed by atoms with Crippen molar-refractivity contribution in [3.8, 4) is 40.0 Å². The second-order valence-corrected chi connectivity index (χ2v) is 15.2. The molecule has 0 radical (unpaired) electrons. The van der Waals surface area contributed by atoms with Crippen molar-refractivity contribution >= 4 is 17.6 Å². The lowest BCUT2D eigenvalue weighted by molar-refractivity contribution is -0.146. The molecule has 0 aliphatic heterocycles. The Morgan fingerprint density at radius 3 is 2.28 bits per heavy atom. The largest absolute Gasteiger partial charge is 0.481 e. The summed E-state index contributed by atoms with van der Waals surface area (Å²) in [4.78, 5) is 20.4. The number of alkyl halides is 3. The molecule has 0 saturated heterocycles. The average molecular weight is 769 g/mol. The fourth-order valence-electron chi connectivity index (χ4n) is 7.10. The smallest absolute Gasteiger partial charge is 0.421 e. The number of hydrogen-bond donors (Lipinski definition) is 4. The maximum Gasteiger partial charge on any atom is 0.421 e. The first-order chi connectivity index (χ1) is 25.5. The fourth-order valence-corrected chi connectivity index (χ4v) is 7.42. The topological polar surface area (TPSA) is 135 Å². The van der Waals surface area contributed by atoms with E-state index in [0.29, 0.717) is 54.4 Å². The van der Waals surface area contributed by atoms with Crippen molar-refractivity contribution < 1.29 is 42.4 Å². The first kappa shape index (κ1) is 39.3. The molecular weight excluding hydrogens is 725 g/mol. The molecule has 0 spiro atoms. The van der Waals surface area contributed by atoms with E-state index in [0.717, 1.165) is 33.9 Å². The first-order valence-corrected chi connectivity index (χ1v) is 18.1. The van der Waals surface area contributed by atoms with Crippen LogP contribution < -0.4 is 24.8 Å². The SMILES string of the molecule is COc1nc(-c2cccc(-c3cccc4c3CC[C@@H]4Oc3nc(OC)c(CNCC(C)(C)C(=O)O)cc3C(F)(F)F)c2Cl)ccc1CNC1CC(C)(O)C1. The number of pyridine rings is 2. The molecule has 4 aromatic rings. The zero-order chi connectivity index (χ0) is 39.0. The molecule has 1 saturated carbocycles. The summed E-state index contributed by atoms with van der Waals surface area (Å²) in [6.45, 7) is 5.31. The molecule has 288 valence electrons. The first-order valence-electron chi connectivity index (χ1n) is 17.7. The Kier molecular flexibility index (Phi) is 11.2. The minimum Gasteiger partial charge on any atom is -0.481 e.